The normalized spacial score (nSPS) is 15.2. The van der Waals surface area contributed by atoms with Crippen LogP contribution in [-0.4, -0.2) is 56.7 Å². The standard InChI is InChI=1S/C22H23N5O4/c1-16(20(25-28-2)17-9-5-4-6-10-17)24-23-15-18-11-7-8-12-19(18)21(26-29-3)22-27-31-14-13-30-22/h4-12,15H,13-14H2,1-3H3/b23-15+,24-16+,25-20-,26-21+. The van der Waals surface area contributed by atoms with Crippen molar-refractivity contribution in [1.82, 2.24) is 0 Å². The van der Waals surface area contributed by atoms with Crippen LogP contribution in [0.5, 0.6) is 0 Å². The van der Waals surface area contributed by atoms with E-state index >= 15 is 0 Å². The van der Waals surface area contributed by atoms with E-state index in [1.165, 1.54) is 14.2 Å². The molecule has 0 saturated heterocycles. The zero-order valence-electron chi connectivity index (χ0n) is 17.6. The number of rotatable bonds is 8. The van der Waals surface area contributed by atoms with Gasteiger partial charge in [0, 0.05) is 16.7 Å². The van der Waals surface area contributed by atoms with Gasteiger partial charge in [0.15, 0.2) is 12.3 Å². The number of hydrogen-bond acceptors (Lipinski definition) is 9. The second-order valence-corrected chi connectivity index (χ2v) is 6.21. The van der Waals surface area contributed by atoms with E-state index in [1.807, 2.05) is 61.5 Å². The van der Waals surface area contributed by atoms with Gasteiger partial charge in [-0.1, -0.05) is 64.9 Å². The first-order valence-electron chi connectivity index (χ1n) is 9.53. The predicted octanol–water partition coefficient (Wildman–Crippen LogP) is 3.24. The van der Waals surface area contributed by atoms with Crippen LogP contribution in [0.25, 0.3) is 0 Å². The minimum absolute atomic E-state index is 0.243. The smallest absolute Gasteiger partial charge is 0.280 e. The van der Waals surface area contributed by atoms with Gasteiger partial charge in [-0.15, -0.1) is 0 Å². The second kappa shape index (κ2) is 11.2. The molecule has 0 saturated carbocycles. The fraction of sp³-hybridized carbons (Fsp3) is 0.227. The van der Waals surface area contributed by atoms with Crippen LogP contribution in [-0.2, 0) is 19.2 Å². The van der Waals surface area contributed by atoms with Crippen molar-refractivity contribution in [3.8, 4) is 0 Å². The van der Waals surface area contributed by atoms with E-state index in [9.17, 15) is 0 Å². The topological polar surface area (TPSA) is 98.7 Å². The van der Waals surface area contributed by atoms with Gasteiger partial charge in [-0.2, -0.15) is 10.2 Å². The Hall–Kier alpha value is -4.01. The summed E-state index contributed by atoms with van der Waals surface area (Å²) in [4.78, 5) is 15.1. The summed E-state index contributed by atoms with van der Waals surface area (Å²) in [6.07, 6.45) is 1.61. The van der Waals surface area contributed by atoms with Crippen molar-refractivity contribution >= 4 is 29.2 Å². The Kier molecular flexibility index (Phi) is 7.87. The zero-order chi connectivity index (χ0) is 21.9. The molecule has 1 aliphatic heterocycles. The van der Waals surface area contributed by atoms with E-state index in [2.05, 4.69) is 25.7 Å². The van der Waals surface area contributed by atoms with Crippen molar-refractivity contribution in [3.05, 3.63) is 71.3 Å². The van der Waals surface area contributed by atoms with Crippen LogP contribution in [0.1, 0.15) is 23.6 Å². The number of nitrogens with zero attached hydrogens (tertiary/aromatic N) is 5. The lowest BCUT2D eigenvalue weighted by Crippen LogP contribution is -2.26. The molecule has 0 bridgehead atoms. The molecule has 1 heterocycles. The molecule has 2 aromatic carbocycles. The molecule has 0 spiro atoms. The Bertz CT molecular complexity index is 1030. The summed E-state index contributed by atoms with van der Waals surface area (Å²) in [6.45, 7) is 2.57. The zero-order valence-corrected chi connectivity index (χ0v) is 17.6. The Morgan fingerprint density at radius 2 is 1.71 bits per heavy atom. The maximum atomic E-state index is 5.56. The molecular formula is C22H23N5O4. The average molecular weight is 421 g/mol. The van der Waals surface area contributed by atoms with E-state index in [0.717, 1.165) is 11.1 Å². The van der Waals surface area contributed by atoms with E-state index in [-0.39, 0.29) is 5.90 Å². The van der Waals surface area contributed by atoms with Gasteiger partial charge in [0.25, 0.3) is 5.90 Å². The molecule has 0 radical (unpaired) electrons. The first-order valence-corrected chi connectivity index (χ1v) is 9.53. The van der Waals surface area contributed by atoms with Crippen LogP contribution < -0.4 is 0 Å². The van der Waals surface area contributed by atoms with Crippen molar-refractivity contribution in [2.24, 2.45) is 25.7 Å². The Balaban J connectivity index is 1.90. The van der Waals surface area contributed by atoms with Crippen LogP contribution in [0, 0.1) is 0 Å². The lowest BCUT2D eigenvalue weighted by molar-refractivity contribution is 0.0672. The number of ether oxygens (including phenoxy) is 1. The van der Waals surface area contributed by atoms with Crippen LogP contribution in [0.3, 0.4) is 0 Å². The fourth-order valence-corrected chi connectivity index (χ4v) is 2.78. The van der Waals surface area contributed by atoms with Gasteiger partial charge in [-0.25, -0.2) is 0 Å². The summed E-state index contributed by atoms with van der Waals surface area (Å²) in [6, 6.07) is 17.1. The fourth-order valence-electron chi connectivity index (χ4n) is 2.78. The molecule has 1 aliphatic rings. The molecule has 0 fully saturated rings. The summed E-state index contributed by atoms with van der Waals surface area (Å²) >= 11 is 0. The van der Waals surface area contributed by atoms with Crippen LogP contribution in [0.2, 0.25) is 0 Å². The van der Waals surface area contributed by atoms with E-state index < -0.39 is 0 Å². The third-order valence-electron chi connectivity index (χ3n) is 4.14. The van der Waals surface area contributed by atoms with Gasteiger partial charge in [-0.05, 0) is 12.1 Å². The largest absolute Gasteiger partial charge is 0.470 e. The van der Waals surface area contributed by atoms with Gasteiger partial charge >= 0.3 is 0 Å². The van der Waals surface area contributed by atoms with Crippen molar-refractivity contribution in [2.75, 3.05) is 27.4 Å². The summed E-state index contributed by atoms with van der Waals surface area (Å²) in [5.41, 5.74) is 3.92. The van der Waals surface area contributed by atoms with Crippen molar-refractivity contribution in [3.63, 3.8) is 0 Å². The SMILES string of the molecule is CO/N=C(/C(C)=N/N=C/c1ccccc1/C(=N\OC)C1=NOCCO1)c1ccccc1. The van der Waals surface area contributed by atoms with Gasteiger partial charge < -0.3 is 19.2 Å². The third kappa shape index (κ3) is 5.75. The van der Waals surface area contributed by atoms with Crippen molar-refractivity contribution < 1.29 is 19.2 Å². The second-order valence-electron chi connectivity index (χ2n) is 6.21. The lowest BCUT2D eigenvalue weighted by atomic mass is 10.0. The highest BCUT2D eigenvalue weighted by Crippen LogP contribution is 2.13. The minimum Gasteiger partial charge on any atom is -0.470 e. The lowest BCUT2D eigenvalue weighted by Gasteiger charge is -2.15. The Morgan fingerprint density at radius 1 is 0.968 bits per heavy atom. The van der Waals surface area contributed by atoms with Gasteiger partial charge in [0.2, 0.25) is 0 Å². The number of hydrogen-bond donors (Lipinski definition) is 0. The molecular weight excluding hydrogens is 398 g/mol. The molecule has 0 aliphatic carbocycles. The van der Waals surface area contributed by atoms with Crippen molar-refractivity contribution in [1.29, 1.82) is 0 Å². The summed E-state index contributed by atoms with van der Waals surface area (Å²) in [7, 11) is 2.95. The van der Waals surface area contributed by atoms with Gasteiger partial charge in [0.1, 0.15) is 26.5 Å². The van der Waals surface area contributed by atoms with Crippen LogP contribution in [0.15, 0.2) is 80.3 Å². The third-order valence-corrected chi connectivity index (χ3v) is 4.14. The van der Waals surface area contributed by atoms with Gasteiger partial charge in [0.05, 0.1) is 11.9 Å². The first-order chi connectivity index (χ1) is 15.2. The number of benzene rings is 2. The molecule has 0 atom stereocenters. The monoisotopic (exact) mass is 421 g/mol. The van der Waals surface area contributed by atoms with Crippen LogP contribution in [0.4, 0.5) is 0 Å². The predicted molar refractivity (Wildman–Crippen MR) is 120 cm³/mol. The molecule has 2 aromatic rings. The molecule has 3 rings (SSSR count). The Morgan fingerprint density at radius 3 is 2.42 bits per heavy atom. The van der Waals surface area contributed by atoms with E-state index in [1.54, 1.807) is 6.21 Å². The summed E-state index contributed by atoms with van der Waals surface area (Å²) in [5.74, 6) is 0.243. The molecule has 31 heavy (non-hydrogen) atoms. The highest BCUT2D eigenvalue weighted by molar-refractivity contribution is 6.47. The molecule has 0 N–H and O–H groups in total. The number of oxime groups is 3. The molecule has 9 nitrogen and oxygen atoms in total. The average Bonchev–Trinajstić information content (AvgIpc) is 2.82. The van der Waals surface area contributed by atoms with E-state index in [0.29, 0.717) is 35.9 Å². The highest BCUT2D eigenvalue weighted by atomic mass is 16.7. The minimum atomic E-state index is 0.243. The molecule has 160 valence electrons. The molecule has 9 heteroatoms. The highest BCUT2D eigenvalue weighted by Gasteiger charge is 2.20. The van der Waals surface area contributed by atoms with Crippen molar-refractivity contribution in [2.45, 2.75) is 6.92 Å². The molecule has 0 unspecified atom stereocenters. The first kappa shape index (κ1) is 21.7. The molecule has 0 amide bonds. The maximum Gasteiger partial charge on any atom is 0.280 e. The van der Waals surface area contributed by atoms with E-state index in [4.69, 9.17) is 19.2 Å². The van der Waals surface area contributed by atoms with Crippen LogP contribution >= 0.6 is 0 Å². The maximum absolute atomic E-state index is 5.56. The summed E-state index contributed by atoms with van der Waals surface area (Å²) < 4.78 is 5.56. The molecule has 0 aromatic heterocycles. The summed E-state index contributed by atoms with van der Waals surface area (Å²) in [5, 5.41) is 20.6. The van der Waals surface area contributed by atoms with Gasteiger partial charge in [-0.3, -0.25) is 0 Å². The Labute approximate surface area is 180 Å². The quantitative estimate of drug-likeness (QED) is 0.483.